The maximum absolute atomic E-state index is 11.8. The van der Waals surface area contributed by atoms with Crippen LogP contribution >= 0.6 is 0 Å². The average molecular weight is 317 g/mol. The van der Waals surface area contributed by atoms with Crippen molar-refractivity contribution < 1.29 is 9.90 Å². The maximum atomic E-state index is 11.8. The van der Waals surface area contributed by atoms with Crippen molar-refractivity contribution in [2.75, 3.05) is 0 Å². The summed E-state index contributed by atoms with van der Waals surface area (Å²) in [6, 6.07) is 8.44. The first-order valence-corrected chi connectivity index (χ1v) is 7.34. The Morgan fingerprint density at radius 2 is 2.00 bits per heavy atom. The van der Waals surface area contributed by atoms with Crippen LogP contribution in [0.1, 0.15) is 18.1 Å². The molecule has 0 unspecified atom stereocenters. The largest absolute Gasteiger partial charge is 0.480 e. The summed E-state index contributed by atoms with van der Waals surface area (Å²) < 4.78 is 1.22. The Balaban J connectivity index is 2.15. The van der Waals surface area contributed by atoms with Crippen LogP contribution in [-0.2, 0) is 24.3 Å². The molecule has 0 aliphatic rings. The van der Waals surface area contributed by atoms with E-state index >= 15 is 0 Å². The van der Waals surface area contributed by atoms with Gasteiger partial charge in [-0.2, -0.15) is 0 Å². The third-order valence-corrected chi connectivity index (χ3v) is 3.54. The molecule has 0 radical (unpaired) electrons. The van der Waals surface area contributed by atoms with E-state index in [1.807, 2.05) is 30.3 Å². The average Bonchev–Trinajstić information content (AvgIpc) is 2.54. The Morgan fingerprint density at radius 1 is 1.30 bits per heavy atom. The van der Waals surface area contributed by atoms with Crippen molar-refractivity contribution in [3.05, 3.63) is 68.5 Å². The summed E-state index contributed by atoms with van der Waals surface area (Å²) in [4.78, 5) is 37.0. The number of aromatic amines is 1. The molecule has 0 bridgehead atoms. The number of aryl methyl sites for hydroxylation is 1. The van der Waals surface area contributed by atoms with Gasteiger partial charge in [0, 0.05) is 18.3 Å². The van der Waals surface area contributed by atoms with Crippen LogP contribution in [0.25, 0.3) is 0 Å². The lowest BCUT2D eigenvalue weighted by atomic mass is 10.2. The molecule has 1 heterocycles. The Hall–Kier alpha value is -2.67. The van der Waals surface area contributed by atoms with E-state index in [0.717, 1.165) is 5.56 Å². The standard InChI is InChI=1S/C16H19N3O4/c1-2-12-9-19(16(23)18-14(12)20)10-13(15(21)22)17-8-11-6-4-3-5-7-11/h3-7,9,13,17H,2,8,10H2,1H3,(H,21,22)(H,18,20,23)/t13-/m0/s1. The second-order valence-corrected chi connectivity index (χ2v) is 5.18. The second kappa shape index (κ2) is 7.55. The summed E-state index contributed by atoms with van der Waals surface area (Å²) in [5.74, 6) is -1.06. The smallest absolute Gasteiger partial charge is 0.328 e. The molecule has 122 valence electrons. The molecule has 0 spiro atoms. The lowest BCUT2D eigenvalue weighted by Gasteiger charge is -2.16. The minimum Gasteiger partial charge on any atom is -0.480 e. The first-order valence-electron chi connectivity index (χ1n) is 7.34. The quantitative estimate of drug-likeness (QED) is 0.683. The van der Waals surface area contributed by atoms with Crippen molar-refractivity contribution in [2.45, 2.75) is 32.5 Å². The Labute approximate surface area is 132 Å². The lowest BCUT2D eigenvalue weighted by molar-refractivity contribution is -0.139. The number of aromatic nitrogens is 2. The second-order valence-electron chi connectivity index (χ2n) is 5.18. The molecule has 1 aromatic heterocycles. The van der Waals surface area contributed by atoms with Crippen molar-refractivity contribution in [3.8, 4) is 0 Å². The van der Waals surface area contributed by atoms with Crippen LogP contribution in [0.3, 0.4) is 0 Å². The number of nitrogens with zero attached hydrogens (tertiary/aromatic N) is 1. The first kappa shape index (κ1) is 16.7. The van der Waals surface area contributed by atoms with Gasteiger partial charge >= 0.3 is 11.7 Å². The van der Waals surface area contributed by atoms with Crippen LogP contribution in [0.2, 0.25) is 0 Å². The number of carbonyl (C=O) groups is 1. The van der Waals surface area contributed by atoms with Gasteiger partial charge in [-0.15, -0.1) is 0 Å². The molecule has 2 rings (SSSR count). The van der Waals surface area contributed by atoms with E-state index in [-0.39, 0.29) is 6.54 Å². The normalized spacial score (nSPS) is 12.0. The topological polar surface area (TPSA) is 104 Å². The molecule has 23 heavy (non-hydrogen) atoms. The highest BCUT2D eigenvalue weighted by Crippen LogP contribution is 2.00. The van der Waals surface area contributed by atoms with Gasteiger partial charge in [-0.1, -0.05) is 37.3 Å². The fourth-order valence-electron chi connectivity index (χ4n) is 2.21. The van der Waals surface area contributed by atoms with E-state index in [0.29, 0.717) is 18.5 Å². The van der Waals surface area contributed by atoms with Crippen molar-refractivity contribution in [1.29, 1.82) is 0 Å². The van der Waals surface area contributed by atoms with Gasteiger partial charge in [0.15, 0.2) is 0 Å². The Kier molecular flexibility index (Phi) is 5.48. The van der Waals surface area contributed by atoms with E-state index < -0.39 is 23.3 Å². The molecule has 0 fully saturated rings. The van der Waals surface area contributed by atoms with Gasteiger partial charge in [0.05, 0.1) is 6.54 Å². The molecular weight excluding hydrogens is 298 g/mol. The van der Waals surface area contributed by atoms with Crippen molar-refractivity contribution >= 4 is 5.97 Å². The molecule has 7 heteroatoms. The van der Waals surface area contributed by atoms with E-state index in [2.05, 4.69) is 10.3 Å². The minimum absolute atomic E-state index is 0.0647. The Morgan fingerprint density at radius 3 is 2.61 bits per heavy atom. The number of rotatable bonds is 7. The van der Waals surface area contributed by atoms with E-state index in [4.69, 9.17) is 0 Å². The molecule has 0 amide bonds. The highest BCUT2D eigenvalue weighted by Gasteiger charge is 2.18. The highest BCUT2D eigenvalue weighted by atomic mass is 16.4. The monoisotopic (exact) mass is 317 g/mol. The van der Waals surface area contributed by atoms with Crippen LogP contribution in [0.15, 0.2) is 46.1 Å². The molecule has 0 saturated carbocycles. The predicted molar refractivity (Wildman–Crippen MR) is 85.4 cm³/mol. The fourth-order valence-corrected chi connectivity index (χ4v) is 2.21. The van der Waals surface area contributed by atoms with Gasteiger partial charge in [0.1, 0.15) is 6.04 Å². The van der Waals surface area contributed by atoms with Crippen molar-refractivity contribution in [2.24, 2.45) is 0 Å². The van der Waals surface area contributed by atoms with Gasteiger partial charge in [0.25, 0.3) is 5.56 Å². The molecule has 2 aromatic rings. The number of hydrogen-bond donors (Lipinski definition) is 3. The van der Waals surface area contributed by atoms with Gasteiger partial charge in [0.2, 0.25) is 0 Å². The maximum Gasteiger partial charge on any atom is 0.328 e. The summed E-state index contributed by atoms with van der Waals surface area (Å²) in [6.45, 7) is 2.10. The van der Waals surface area contributed by atoms with Gasteiger partial charge < -0.3 is 5.11 Å². The van der Waals surface area contributed by atoms with E-state index in [1.54, 1.807) is 6.92 Å². The molecule has 3 N–H and O–H groups in total. The predicted octanol–water partition coefficient (Wildman–Crippen LogP) is 0.342. The van der Waals surface area contributed by atoms with Crippen LogP contribution in [0.5, 0.6) is 0 Å². The van der Waals surface area contributed by atoms with Crippen LogP contribution in [-0.4, -0.2) is 26.7 Å². The van der Waals surface area contributed by atoms with Gasteiger partial charge in [-0.3, -0.25) is 24.5 Å². The van der Waals surface area contributed by atoms with Crippen LogP contribution in [0.4, 0.5) is 0 Å². The van der Waals surface area contributed by atoms with Gasteiger partial charge in [-0.05, 0) is 12.0 Å². The minimum atomic E-state index is -1.06. The lowest BCUT2D eigenvalue weighted by Crippen LogP contribution is -2.43. The number of benzene rings is 1. The SMILES string of the molecule is CCc1cn(C[C@H](NCc2ccccc2)C(=O)O)c(=O)[nH]c1=O. The van der Waals surface area contributed by atoms with E-state index in [1.165, 1.54) is 10.8 Å². The number of H-pyrrole nitrogens is 1. The summed E-state index contributed by atoms with van der Waals surface area (Å²) >= 11 is 0. The summed E-state index contributed by atoms with van der Waals surface area (Å²) in [6.07, 6.45) is 1.88. The third kappa shape index (κ3) is 4.40. The summed E-state index contributed by atoms with van der Waals surface area (Å²) in [5.41, 5.74) is 0.344. The summed E-state index contributed by atoms with van der Waals surface area (Å²) in [7, 11) is 0. The number of carboxylic acid groups (broad SMARTS) is 1. The molecule has 0 aliphatic carbocycles. The summed E-state index contributed by atoms with van der Waals surface area (Å²) in [5, 5.41) is 12.2. The molecule has 7 nitrogen and oxygen atoms in total. The molecule has 0 saturated heterocycles. The van der Waals surface area contributed by atoms with Crippen LogP contribution < -0.4 is 16.6 Å². The number of hydrogen-bond acceptors (Lipinski definition) is 4. The number of nitrogens with one attached hydrogen (secondary N) is 2. The van der Waals surface area contributed by atoms with E-state index in [9.17, 15) is 19.5 Å². The Bertz CT molecular complexity index is 780. The van der Waals surface area contributed by atoms with Crippen molar-refractivity contribution in [1.82, 2.24) is 14.9 Å². The van der Waals surface area contributed by atoms with Gasteiger partial charge in [-0.25, -0.2) is 4.79 Å². The zero-order valence-corrected chi connectivity index (χ0v) is 12.8. The molecular formula is C16H19N3O4. The molecule has 1 aromatic carbocycles. The zero-order chi connectivity index (χ0) is 16.8. The molecule has 1 atom stereocenters. The zero-order valence-electron chi connectivity index (χ0n) is 12.8. The van der Waals surface area contributed by atoms with Crippen LogP contribution in [0, 0.1) is 0 Å². The number of carboxylic acids is 1. The highest BCUT2D eigenvalue weighted by molar-refractivity contribution is 5.73. The number of aliphatic carboxylic acids is 1. The van der Waals surface area contributed by atoms with Crippen molar-refractivity contribution in [3.63, 3.8) is 0 Å². The fraction of sp³-hybridized carbons (Fsp3) is 0.312. The third-order valence-electron chi connectivity index (χ3n) is 3.54. The molecule has 0 aliphatic heterocycles. The first-order chi connectivity index (χ1) is 11.0.